The number of alkyl halides is 1. The van der Waals surface area contributed by atoms with Gasteiger partial charge in [0.1, 0.15) is 5.75 Å². The number of hydrogen-bond donors (Lipinski definition) is 0. The van der Waals surface area contributed by atoms with Crippen LogP contribution in [0.4, 0.5) is 4.39 Å². The molecule has 0 saturated carbocycles. The number of halogens is 1. The highest BCUT2D eigenvalue weighted by molar-refractivity contribution is 6.06. The Hall–Kier alpha value is -2.42. The number of hydrogen-bond acceptors (Lipinski definition) is 2. The molecule has 0 bridgehead atoms. The molecule has 2 aromatic rings. The lowest BCUT2D eigenvalue weighted by molar-refractivity contribution is -0.123. The van der Waals surface area contributed by atoms with Gasteiger partial charge in [0.15, 0.2) is 0 Å². The first-order valence-corrected chi connectivity index (χ1v) is 6.31. The van der Waals surface area contributed by atoms with Crippen molar-refractivity contribution in [3.05, 3.63) is 71.3 Å². The molecule has 0 fully saturated rings. The van der Waals surface area contributed by atoms with Gasteiger partial charge in [-0.3, -0.25) is 4.79 Å². The van der Waals surface area contributed by atoms with Gasteiger partial charge in [-0.1, -0.05) is 42.5 Å². The van der Waals surface area contributed by atoms with Crippen molar-refractivity contribution < 1.29 is 13.9 Å². The zero-order chi connectivity index (χ0) is 14.2. The van der Waals surface area contributed by atoms with Gasteiger partial charge in [0.2, 0.25) is 11.5 Å². The zero-order valence-corrected chi connectivity index (χ0v) is 11.0. The van der Waals surface area contributed by atoms with E-state index >= 15 is 4.39 Å². The molecule has 3 rings (SSSR count). The van der Waals surface area contributed by atoms with Crippen LogP contribution in [-0.4, -0.2) is 12.9 Å². The van der Waals surface area contributed by atoms with Crippen LogP contribution in [0.25, 0.3) is 6.08 Å². The third-order valence-corrected chi connectivity index (χ3v) is 3.57. The SMILES string of the molecule is COc1ccc([C@@]2(F)C(=O)C=Cc3ccccc32)cc1. The van der Waals surface area contributed by atoms with Crippen LogP contribution in [0.2, 0.25) is 0 Å². The van der Waals surface area contributed by atoms with Crippen molar-refractivity contribution in [2.75, 3.05) is 7.11 Å². The molecule has 0 saturated heterocycles. The Kier molecular flexibility index (Phi) is 2.90. The van der Waals surface area contributed by atoms with Crippen LogP contribution in [0.1, 0.15) is 16.7 Å². The van der Waals surface area contributed by atoms with Gasteiger partial charge in [-0.05, 0) is 23.8 Å². The van der Waals surface area contributed by atoms with Gasteiger partial charge in [-0.25, -0.2) is 4.39 Å². The van der Waals surface area contributed by atoms with Crippen molar-refractivity contribution in [3.63, 3.8) is 0 Å². The fraction of sp³-hybridized carbons (Fsp3) is 0.118. The lowest BCUT2D eigenvalue weighted by atomic mass is 9.79. The second kappa shape index (κ2) is 4.60. The lowest BCUT2D eigenvalue weighted by Crippen LogP contribution is -2.33. The highest BCUT2D eigenvalue weighted by Gasteiger charge is 2.43. The predicted molar refractivity (Wildman–Crippen MR) is 75.4 cm³/mol. The van der Waals surface area contributed by atoms with Crippen molar-refractivity contribution in [2.45, 2.75) is 5.67 Å². The largest absolute Gasteiger partial charge is 0.497 e. The van der Waals surface area contributed by atoms with E-state index in [0.717, 1.165) is 5.56 Å². The molecule has 0 unspecified atom stereocenters. The molecular weight excluding hydrogens is 255 g/mol. The molecule has 0 aliphatic heterocycles. The van der Waals surface area contributed by atoms with Crippen LogP contribution in [0.3, 0.4) is 0 Å². The quantitative estimate of drug-likeness (QED) is 0.833. The summed E-state index contributed by atoms with van der Waals surface area (Å²) < 4.78 is 20.5. The summed E-state index contributed by atoms with van der Waals surface area (Å²) in [7, 11) is 1.55. The summed E-state index contributed by atoms with van der Waals surface area (Å²) >= 11 is 0. The van der Waals surface area contributed by atoms with Gasteiger partial charge in [0.25, 0.3) is 0 Å². The van der Waals surface area contributed by atoms with E-state index in [9.17, 15) is 4.79 Å². The summed E-state index contributed by atoms with van der Waals surface area (Å²) in [6.45, 7) is 0. The topological polar surface area (TPSA) is 26.3 Å². The van der Waals surface area contributed by atoms with Gasteiger partial charge in [-0.2, -0.15) is 0 Å². The van der Waals surface area contributed by atoms with Crippen LogP contribution in [-0.2, 0) is 10.5 Å². The van der Waals surface area contributed by atoms with E-state index in [-0.39, 0.29) is 0 Å². The van der Waals surface area contributed by atoms with Gasteiger partial charge in [0.05, 0.1) is 7.11 Å². The van der Waals surface area contributed by atoms with E-state index in [1.54, 1.807) is 55.7 Å². The minimum atomic E-state index is -2.13. The van der Waals surface area contributed by atoms with Crippen molar-refractivity contribution in [3.8, 4) is 5.75 Å². The van der Waals surface area contributed by atoms with Crippen molar-refractivity contribution in [2.24, 2.45) is 0 Å². The summed E-state index contributed by atoms with van der Waals surface area (Å²) in [5.41, 5.74) is -0.694. The Balaban J connectivity index is 2.18. The number of fused-ring (bicyclic) bond motifs is 1. The maximum Gasteiger partial charge on any atom is 0.223 e. The average Bonchev–Trinajstić information content (AvgIpc) is 2.51. The van der Waals surface area contributed by atoms with E-state index in [4.69, 9.17) is 4.74 Å². The minimum absolute atomic E-state index is 0.320. The molecule has 0 spiro atoms. The smallest absolute Gasteiger partial charge is 0.223 e. The predicted octanol–water partition coefficient (Wildman–Crippen LogP) is 3.50. The lowest BCUT2D eigenvalue weighted by Gasteiger charge is -2.28. The molecule has 0 heterocycles. The Bertz CT molecular complexity index is 688. The number of benzene rings is 2. The van der Waals surface area contributed by atoms with E-state index < -0.39 is 11.5 Å². The first-order chi connectivity index (χ1) is 9.66. The van der Waals surface area contributed by atoms with E-state index in [0.29, 0.717) is 16.9 Å². The number of carbonyl (C=O) groups excluding carboxylic acids is 1. The normalized spacial score (nSPS) is 20.6. The molecule has 20 heavy (non-hydrogen) atoms. The zero-order valence-electron chi connectivity index (χ0n) is 11.0. The van der Waals surface area contributed by atoms with Crippen LogP contribution in [0.15, 0.2) is 54.6 Å². The summed E-state index contributed by atoms with van der Waals surface area (Å²) in [6.07, 6.45) is 2.95. The molecule has 1 aliphatic rings. The Morgan fingerprint density at radius 2 is 1.70 bits per heavy atom. The maximum atomic E-state index is 15.5. The molecule has 0 aromatic heterocycles. The fourth-order valence-electron chi connectivity index (χ4n) is 2.49. The van der Waals surface area contributed by atoms with Crippen molar-refractivity contribution >= 4 is 11.9 Å². The highest BCUT2D eigenvalue weighted by atomic mass is 19.1. The molecule has 0 radical (unpaired) electrons. The number of methoxy groups -OCH3 is 1. The first kappa shape index (κ1) is 12.6. The van der Waals surface area contributed by atoms with Crippen LogP contribution in [0.5, 0.6) is 5.75 Å². The van der Waals surface area contributed by atoms with Crippen LogP contribution in [0, 0.1) is 0 Å². The Labute approximate surface area is 116 Å². The molecule has 1 atom stereocenters. The Morgan fingerprint density at radius 3 is 2.40 bits per heavy atom. The number of rotatable bonds is 2. The second-order valence-corrected chi connectivity index (χ2v) is 4.67. The summed E-state index contributed by atoms with van der Waals surface area (Å²) in [5.74, 6) is 0.0748. The number of carbonyl (C=O) groups is 1. The molecule has 0 amide bonds. The molecule has 1 aliphatic carbocycles. The monoisotopic (exact) mass is 268 g/mol. The fourth-order valence-corrected chi connectivity index (χ4v) is 2.49. The standard InChI is InChI=1S/C17H13FO2/c1-20-14-9-7-13(8-10-14)17(18)15-5-3-2-4-12(15)6-11-16(17)19/h2-11H,1H3/t17-/m0/s1. The third kappa shape index (κ3) is 1.74. The van der Waals surface area contributed by atoms with Crippen LogP contribution < -0.4 is 4.74 Å². The maximum absolute atomic E-state index is 15.5. The first-order valence-electron chi connectivity index (χ1n) is 6.31. The minimum Gasteiger partial charge on any atom is -0.497 e. The van der Waals surface area contributed by atoms with E-state index in [2.05, 4.69) is 0 Å². The van der Waals surface area contributed by atoms with Crippen molar-refractivity contribution in [1.29, 1.82) is 0 Å². The third-order valence-electron chi connectivity index (χ3n) is 3.57. The summed E-state index contributed by atoms with van der Waals surface area (Å²) in [6, 6.07) is 13.5. The summed E-state index contributed by atoms with van der Waals surface area (Å²) in [5, 5.41) is 0. The van der Waals surface area contributed by atoms with Gasteiger partial charge in [0, 0.05) is 11.1 Å². The molecule has 2 nitrogen and oxygen atoms in total. The van der Waals surface area contributed by atoms with Gasteiger partial charge >= 0.3 is 0 Å². The van der Waals surface area contributed by atoms with E-state index in [1.165, 1.54) is 6.08 Å². The van der Waals surface area contributed by atoms with E-state index in [1.807, 2.05) is 6.07 Å². The van der Waals surface area contributed by atoms with Crippen molar-refractivity contribution in [1.82, 2.24) is 0 Å². The number of allylic oxidation sites excluding steroid dienone is 1. The average molecular weight is 268 g/mol. The summed E-state index contributed by atoms with van der Waals surface area (Å²) in [4.78, 5) is 12.1. The van der Waals surface area contributed by atoms with Gasteiger partial charge < -0.3 is 4.74 Å². The molecule has 100 valence electrons. The number of ether oxygens (including phenoxy) is 1. The molecule has 0 N–H and O–H groups in total. The van der Waals surface area contributed by atoms with Gasteiger partial charge in [-0.15, -0.1) is 0 Å². The molecule has 2 aromatic carbocycles. The second-order valence-electron chi connectivity index (χ2n) is 4.67. The van der Waals surface area contributed by atoms with Crippen LogP contribution >= 0.6 is 0 Å². The Morgan fingerprint density at radius 1 is 1.00 bits per heavy atom. The molecule has 3 heteroatoms. The molecular formula is C17H13FO2. The highest BCUT2D eigenvalue weighted by Crippen LogP contribution is 2.40. The number of ketones is 1.